The number of pyridine rings is 1. The van der Waals surface area contributed by atoms with E-state index in [0.29, 0.717) is 0 Å². The van der Waals surface area contributed by atoms with Crippen LogP contribution >= 0.6 is 0 Å². The van der Waals surface area contributed by atoms with E-state index in [9.17, 15) is 35.9 Å². The lowest BCUT2D eigenvalue weighted by atomic mass is 10.1. The lowest BCUT2D eigenvalue weighted by Crippen LogP contribution is -2.24. The van der Waals surface area contributed by atoms with Crippen molar-refractivity contribution in [3.63, 3.8) is 0 Å². The number of esters is 1. The Morgan fingerprint density at radius 3 is 2.20 bits per heavy atom. The molecule has 0 spiro atoms. The molecule has 1 amide bonds. The summed E-state index contributed by atoms with van der Waals surface area (Å²) < 4.78 is 82.1. The van der Waals surface area contributed by atoms with E-state index in [-0.39, 0.29) is 28.9 Å². The van der Waals surface area contributed by atoms with Gasteiger partial charge in [-0.25, -0.2) is 9.78 Å². The first-order chi connectivity index (χ1) is 16.3. The molecular formula is C23H17F6N3O3. The SMILES string of the molecule is NC(OC(=O)c1cc(C(=O)NCc2cccc(C(F)(F)F)c2)ccn1)c1cccc(C(F)(F)F)c1. The second-order valence-corrected chi connectivity index (χ2v) is 7.26. The van der Waals surface area contributed by atoms with Gasteiger partial charge in [-0.15, -0.1) is 0 Å². The first-order valence-electron chi connectivity index (χ1n) is 9.88. The van der Waals surface area contributed by atoms with E-state index < -0.39 is 41.6 Å². The van der Waals surface area contributed by atoms with E-state index >= 15 is 0 Å². The number of hydrogen-bond acceptors (Lipinski definition) is 5. The van der Waals surface area contributed by atoms with Crippen molar-refractivity contribution in [3.8, 4) is 0 Å². The molecule has 35 heavy (non-hydrogen) atoms. The summed E-state index contributed by atoms with van der Waals surface area (Å²) in [6, 6.07) is 10.6. The van der Waals surface area contributed by atoms with Gasteiger partial charge in [-0.3, -0.25) is 10.5 Å². The van der Waals surface area contributed by atoms with Crippen molar-refractivity contribution in [3.05, 3.63) is 100 Å². The second-order valence-electron chi connectivity index (χ2n) is 7.26. The third-order valence-corrected chi connectivity index (χ3v) is 4.72. The molecule has 12 heteroatoms. The van der Waals surface area contributed by atoms with Crippen molar-refractivity contribution in [2.45, 2.75) is 25.1 Å². The molecule has 6 nitrogen and oxygen atoms in total. The molecule has 0 radical (unpaired) electrons. The Balaban J connectivity index is 1.66. The number of nitrogens with one attached hydrogen (secondary N) is 1. The number of halogens is 6. The van der Waals surface area contributed by atoms with Gasteiger partial charge in [-0.05, 0) is 42.0 Å². The van der Waals surface area contributed by atoms with E-state index in [1.54, 1.807) is 0 Å². The fourth-order valence-electron chi connectivity index (χ4n) is 2.96. The van der Waals surface area contributed by atoms with Gasteiger partial charge < -0.3 is 10.1 Å². The number of amides is 1. The zero-order valence-electron chi connectivity index (χ0n) is 17.7. The van der Waals surface area contributed by atoms with Crippen LogP contribution < -0.4 is 11.1 Å². The Morgan fingerprint density at radius 2 is 1.54 bits per heavy atom. The quantitative estimate of drug-likeness (QED) is 0.288. The summed E-state index contributed by atoms with van der Waals surface area (Å²) in [5, 5.41) is 2.43. The van der Waals surface area contributed by atoms with E-state index in [1.807, 2.05) is 0 Å². The molecule has 0 aliphatic rings. The van der Waals surface area contributed by atoms with Gasteiger partial charge in [0.1, 0.15) is 5.69 Å². The number of carbonyl (C=O) groups excluding carboxylic acids is 2. The van der Waals surface area contributed by atoms with E-state index in [0.717, 1.165) is 42.6 Å². The molecule has 3 N–H and O–H groups in total. The van der Waals surface area contributed by atoms with Crippen molar-refractivity contribution < 1.29 is 40.7 Å². The van der Waals surface area contributed by atoms with Crippen LogP contribution in [0.2, 0.25) is 0 Å². The van der Waals surface area contributed by atoms with Crippen molar-refractivity contribution in [2.75, 3.05) is 0 Å². The molecule has 0 saturated carbocycles. The summed E-state index contributed by atoms with van der Waals surface area (Å²) in [7, 11) is 0. The van der Waals surface area contributed by atoms with Crippen LogP contribution in [0, 0.1) is 0 Å². The van der Waals surface area contributed by atoms with Gasteiger partial charge in [-0.2, -0.15) is 26.3 Å². The molecule has 0 aliphatic heterocycles. The molecule has 1 heterocycles. The van der Waals surface area contributed by atoms with Crippen LogP contribution in [-0.4, -0.2) is 16.9 Å². The Kier molecular flexibility index (Phi) is 7.44. The average Bonchev–Trinajstić information content (AvgIpc) is 2.81. The maximum atomic E-state index is 12.9. The van der Waals surface area contributed by atoms with Gasteiger partial charge in [0.05, 0.1) is 11.1 Å². The zero-order valence-corrected chi connectivity index (χ0v) is 17.7. The highest BCUT2D eigenvalue weighted by molar-refractivity contribution is 5.97. The smallest absolute Gasteiger partial charge is 0.416 e. The van der Waals surface area contributed by atoms with Gasteiger partial charge in [-0.1, -0.05) is 24.3 Å². The minimum absolute atomic E-state index is 0.0495. The molecule has 0 fully saturated rings. The van der Waals surface area contributed by atoms with Crippen LogP contribution in [0.25, 0.3) is 0 Å². The number of alkyl halides is 6. The molecule has 0 saturated heterocycles. The number of benzene rings is 2. The molecule has 3 aromatic rings. The van der Waals surface area contributed by atoms with E-state index in [4.69, 9.17) is 10.5 Å². The highest BCUT2D eigenvalue weighted by atomic mass is 19.4. The minimum Gasteiger partial charge on any atom is -0.438 e. The van der Waals surface area contributed by atoms with Gasteiger partial charge >= 0.3 is 18.3 Å². The lowest BCUT2D eigenvalue weighted by Gasteiger charge is -2.15. The number of ether oxygens (including phenoxy) is 1. The third kappa shape index (κ3) is 6.79. The maximum Gasteiger partial charge on any atom is 0.416 e. The Hall–Kier alpha value is -3.93. The van der Waals surface area contributed by atoms with Crippen molar-refractivity contribution >= 4 is 11.9 Å². The first kappa shape index (κ1) is 25.7. The van der Waals surface area contributed by atoms with Crippen molar-refractivity contribution in [1.29, 1.82) is 0 Å². The van der Waals surface area contributed by atoms with Crippen molar-refractivity contribution in [1.82, 2.24) is 10.3 Å². The molecule has 3 rings (SSSR count). The van der Waals surface area contributed by atoms with Gasteiger partial charge in [0.25, 0.3) is 5.91 Å². The topological polar surface area (TPSA) is 94.3 Å². The molecule has 1 atom stereocenters. The first-order valence-corrected chi connectivity index (χ1v) is 9.88. The summed E-state index contributed by atoms with van der Waals surface area (Å²) in [6.07, 6.45) is -9.57. The predicted molar refractivity (Wildman–Crippen MR) is 111 cm³/mol. The van der Waals surface area contributed by atoms with Crippen LogP contribution in [0.4, 0.5) is 26.3 Å². The lowest BCUT2D eigenvalue weighted by molar-refractivity contribution is -0.138. The summed E-state index contributed by atoms with van der Waals surface area (Å²) in [6.45, 7) is -0.217. The number of carbonyl (C=O) groups is 2. The molecule has 0 bridgehead atoms. The van der Waals surface area contributed by atoms with Crippen LogP contribution in [0.5, 0.6) is 0 Å². The molecule has 1 unspecified atom stereocenters. The minimum atomic E-state index is -4.61. The van der Waals surface area contributed by atoms with Crippen molar-refractivity contribution in [2.24, 2.45) is 5.73 Å². The Labute approximate surface area is 194 Å². The van der Waals surface area contributed by atoms with Crippen LogP contribution in [0.3, 0.4) is 0 Å². The molecule has 0 aliphatic carbocycles. The zero-order chi connectivity index (χ0) is 25.8. The highest BCUT2D eigenvalue weighted by Gasteiger charge is 2.31. The summed E-state index contributed by atoms with van der Waals surface area (Å²) in [4.78, 5) is 28.5. The highest BCUT2D eigenvalue weighted by Crippen LogP contribution is 2.31. The predicted octanol–water partition coefficient (Wildman–Crippen LogP) is 4.86. The standard InChI is InChI=1S/C23H17F6N3O3/c24-22(25,26)16-5-1-3-13(9-16)12-32-20(33)15-7-8-31-18(11-15)21(34)35-19(30)14-4-2-6-17(10-14)23(27,28)29/h1-11,19H,12,30H2,(H,32,33). The Morgan fingerprint density at radius 1 is 0.914 bits per heavy atom. The fraction of sp³-hybridized carbons (Fsp3) is 0.174. The average molecular weight is 497 g/mol. The summed E-state index contributed by atoms with van der Waals surface area (Å²) in [5.41, 5.74) is 3.56. The number of aromatic nitrogens is 1. The van der Waals surface area contributed by atoms with Gasteiger partial charge in [0.2, 0.25) is 0 Å². The van der Waals surface area contributed by atoms with Crippen LogP contribution in [-0.2, 0) is 23.6 Å². The molecule has 184 valence electrons. The molecule has 2 aromatic carbocycles. The normalized spacial score (nSPS) is 12.7. The summed E-state index contributed by atoms with van der Waals surface area (Å²) >= 11 is 0. The molecular weight excluding hydrogens is 480 g/mol. The van der Waals surface area contributed by atoms with Crippen LogP contribution in [0.1, 0.15) is 49.3 Å². The van der Waals surface area contributed by atoms with Gasteiger partial charge in [0, 0.05) is 23.9 Å². The second kappa shape index (κ2) is 10.1. The molecule has 1 aromatic heterocycles. The fourth-order valence-corrected chi connectivity index (χ4v) is 2.96. The number of rotatable bonds is 6. The number of nitrogens with two attached hydrogens (primary N) is 1. The summed E-state index contributed by atoms with van der Waals surface area (Å²) in [5.74, 6) is -1.80. The van der Waals surface area contributed by atoms with Crippen LogP contribution in [0.15, 0.2) is 66.9 Å². The number of hydrogen-bond donors (Lipinski definition) is 2. The maximum absolute atomic E-state index is 12.9. The van der Waals surface area contributed by atoms with E-state index in [1.165, 1.54) is 24.3 Å². The monoisotopic (exact) mass is 497 g/mol. The largest absolute Gasteiger partial charge is 0.438 e. The van der Waals surface area contributed by atoms with Gasteiger partial charge in [0.15, 0.2) is 6.23 Å². The number of nitrogens with zero attached hydrogens (tertiary/aromatic N) is 1. The van der Waals surface area contributed by atoms with E-state index in [2.05, 4.69) is 10.3 Å². The Bertz CT molecular complexity index is 1230. The third-order valence-electron chi connectivity index (χ3n) is 4.72.